The van der Waals surface area contributed by atoms with Gasteiger partial charge in [-0.3, -0.25) is 9.59 Å². The second-order valence-corrected chi connectivity index (χ2v) is 5.98. The topological polar surface area (TPSA) is 105 Å². The van der Waals surface area contributed by atoms with Crippen molar-refractivity contribution in [2.45, 2.75) is 50.9 Å². The van der Waals surface area contributed by atoms with E-state index in [1.54, 1.807) is 0 Å². The van der Waals surface area contributed by atoms with Gasteiger partial charge in [0.25, 0.3) is 0 Å². The number of nitrogens with zero attached hydrogens (tertiary/aromatic N) is 3. The van der Waals surface area contributed by atoms with Crippen molar-refractivity contribution in [3.63, 3.8) is 0 Å². The molecule has 0 amide bonds. The van der Waals surface area contributed by atoms with Gasteiger partial charge < -0.3 is 10.2 Å². The van der Waals surface area contributed by atoms with Gasteiger partial charge in [0.1, 0.15) is 12.1 Å². The van der Waals surface area contributed by atoms with Gasteiger partial charge in [0.2, 0.25) is 5.43 Å². The van der Waals surface area contributed by atoms with Crippen LogP contribution in [0, 0.1) is 0 Å². The minimum absolute atomic E-state index is 0.0123. The normalized spacial score (nSPS) is 17.4. The first-order valence-electron chi connectivity index (χ1n) is 7.88. The van der Waals surface area contributed by atoms with Crippen LogP contribution in [0.4, 0.5) is 0 Å². The Hall–Kier alpha value is -2.44. The molecular formula is C16H19N3O4. The van der Waals surface area contributed by atoms with E-state index in [0.717, 1.165) is 31.2 Å². The van der Waals surface area contributed by atoms with Crippen LogP contribution in [0.1, 0.15) is 56.4 Å². The minimum Gasteiger partial charge on any atom is -0.510 e. The second-order valence-electron chi connectivity index (χ2n) is 5.98. The summed E-state index contributed by atoms with van der Waals surface area (Å²) >= 11 is 0. The maximum Gasteiger partial charge on any atom is 0.303 e. The van der Waals surface area contributed by atoms with Crippen molar-refractivity contribution in [1.29, 1.82) is 0 Å². The molecule has 1 aliphatic carbocycles. The van der Waals surface area contributed by atoms with Crippen molar-refractivity contribution in [2.75, 3.05) is 0 Å². The quantitative estimate of drug-likeness (QED) is 0.883. The Labute approximate surface area is 132 Å². The van der Waals surface area contributed by atoms with E-state index in [0.29, 0.717) is 11.6 Å². The summed E-state index contributed by atoms with van der Waals surface area (Å²) in [5.41, 5.74) is 1.11. The van der Waals surface area contributed by atoms with Crippen molar-refractivity contribution in [3.05, 3.63) is 33.5 Å². The number of carbonyl (C=O) groups is 1. The molecule has 0 spiro atoms. The Morgan fingerprint density at radius 2 is 1.96 bits per heavy atom. The average Bonchev–Trinajstić information content (AvgIpc) is 3.01. The number of hydrogen-bond donors (Lipinski definition) is 2. The molecule has 7 heteroatoms. The van der Waals surface area contributed by atoms with Crippen LogP contribution in [0.15, 0.2) is 17.2 Å². The van der Waals surface area contributed by atoms with E-state index in [9.17, 15) is 14.7 Å². The zero-order chi connectivity index (χ0) is 16.4. The van der Waals surface area contributed by atoms with Gasteiger partial charge in [-0.2, -0.15) is 5.10 Å². The lowest BCUT2D eigenvalue weighted by Crippen LogP contribution is -2.35. The number of aromatic nitrogens is 3. The fraction of sp³-hybridized carbons (Fsp3) is 0.500. The predicted octanol–water partition coefficient (Wildman–Crippen LogP) is 1.39. The molecule has 122 valence electrons. The highest BCUT2D eigenvalue weighted by Gasteiger charge is 2.21. The predicted molar refractivity (Wildman–Crippen MR) is 83.2 cm³/mol. The monoisotopic (exact) mass is 317 g/mol. The number of aliphatic carboxylic acids is 1. The van der Waals surface area contributed by atoms with E-state index < -0.39 is 5.97 Å². The van der Waals surface area contributed by atoms with Gasteiger partial charge in [-0.25, -0.2) is 9.50 Å². The Morgan fingerprint density at radius 3 is 2.65 bits per heavy atom. The summed E-state index contributed by atoms with van der Waals surface area (Å²) in [5, 5.41) is 22.9. The molecule has 0 aliphatic heterocycles. The number of aliphatic hydroxyl groups excluding tert-OH is 1. The number of rotatable bonds is 4. The van der Waals surface area contributed by atoms with Crippen LogP contribution < -0.4 is 10.8 Å². The van der Waals surface area contributed by atoms with Crippen LogP contribution in [0.3, 0.4) is 0 Å². The molecular weight excluding hydrogens is 298 g/mol. The lowest BCUT2D eigenvalue weighted by Gasteiger charge is -2.21. The smallest absolute Gasteiger partial charge is 0.303 e. The molecule has 0 radical (unpaired) electrons. The average molecular weight is 317 g/mol. The first-order valence-corrected chi connectivity index (χ1v) is 7.88. The zero-order valence-corrected chi connectivity index (χ0v) is 12.7. The fourth-order valence-corrected chi connectivity index (χ4v) is 3.30. The van der Waals surface area contributed by atoms with Gasteiger partial charge in [0.15, 0.2) is 11.0 Å². The van der Waals surface area contributed by atoms with Gasteiger partial charge in [-0.1, -0.05) is 19.3 Å². The summed E-state index contributed by atoms with van der Waals surface area (Å²) in [5.74, 6) is -1.00. The first kappa shape index (κ1) is 15.5. The zero-order valence-electron chi connectivity index (χ0n) is 12.7. The highest BCUT2D eigenvalue weighted by atomic mass is 16.4. The van der Waals surface area contributed by atoms with Crippen molar-refractivity contribution >= 4 is 17.4 Å². The lowest BCUT2D eigenvalue weighted by molar-refractivity contribution is -0.136. The van der Waals surface area contributed by atoms with Crippen LogP contribution in [0.2, 0.25) is 0 Å². The largest absolute Gasteiger partial charge is 0.510 e. The summed E-state index contributed by atoms with van der Waals surface area (Å²) in [6.45, 7) is 0. The summed E-state index contributed by atoms with van der Waals surface area (Å²) in [6.07, 6.45) is 6.54. The molecule has 0 atom stereocenters. The second kappa shape index (κ2) is 6.36. The number of carboxylic acid groups (broad SMARTS) is 1. The number of fused-ring (bicyclic) bond motifs is 1. The van der Waals surface area contributed by atoms with Gasteiger partial charge >= 0.3 is 5.97 Å². The van der Waals surface area contributed by atoms with Gasteiger partial charge in [-0.15, -0.1) is 0 Å². The van der Waals surface area contributed by atoms with Crippen LogP contribution in [0.25, 0.3) is 11.4 Å². The maximum absolute atomic E-state index is 12.5. The van der Waals surface area contributed by atoms with Gasteiger partial charge in [-0.05, 0) is 24.8 Å². The molecule has 0 saturated heterocycles. The van der Waals surface area contributed by atoms with E-state index in [1.165, 1.54) is 23.3 Å². The summed E-state index contributed by atoms with van der Waals surface area (Å²) in [7, 11) is 0. The molecule has 7 nitrogen and oxygen atoms in total. The molecule has 23 heavy (non-hydrogen) atoms. The van der Waals surface area contributed by atoms with Crippen molar-refractivity contribution in [3.8, 4) is 0 Å². The SMILES string of the molecule is O=C(O)CCC(O)=c1c(=O)cc(C2CCCCC2)c2ncnn12. The summed E-state index contributed by atoms with van der Waals surface area (Å²) < 4.78 is 1.35. The van der Waals surface area contributed by atoms with Crippen molar-refractivity contribution in [2.24, 2.45) is 0 Å². The molecule has 0 aromatic carbocycles. The Bertz CT molecular complexity index is 837. The Morgan fingerprint density at radius 1 is 1.22 bits per heavy atom. The third kappa shape index (κ3) is 3.04. The van der Waals surface area contributed by atoms with Crippen LogP contribution in [-0.2, 0) is 4.79 Å². The van der Waals surface area contributed by atoms with E-state index in [4.69, 9.17) is 5.11 Å². The van der Waals surface area contributed by atoms with E-state index in [-0.39, 0.29) is 29.4 Å². The molecule has 1 saturated carbocycles. The molecule has 0 bridgehead atoms. The third-order valence-corrected chi connectivity index (χ3v) is 4.43. The van der Waals surface area contributed by atoms with E-state index in [2.05, 4.69) is 10.1 Å². The van der Waals surface area contributed by atoms with Crippen molar-refractivity contribution < 1.29 is 15.0 Å². The molecule has 0 unspecified atom stereocenters. The Balaban J connectivity index is 2.13. The third-order valence-electron chi connectivity index (χ3n) is 4.43. The van der Waals surface area contributed by atoms with Crippen LogP contribution >= 0.6 is 0 Å². The van der Waals surface area contributed by atoms with Crippen molar-refractivity contribution in [1.82, 2.24) is 14.6 Å². The van der Waals surface area contributed by atoms with E-state index in [1.807, 2.05) is 0 Å². The summed E-state index contributed by atoms with van der Waals surface area (Å²) in [6, 6.07) is 1.53. The number of pyridine rings is 1. The molecule has 2 N–H and O–H groups in total. The van der Waals surface area contributed by atoms with Crippen LogP contribution in [0.5, 0.6) is 0 Å². The maximum atomic E-state index is 12.5. The van der Waals surface area contributed by atoms with Crippen LogP contribution in [-0.4, -0.2) is 30.8 Å². The minimum atomic E-state index is -1.03. The number of carboxylic acids is 1. The number of aliphatic hydroxyl groups is 1. The highest BCUT2D eigenvalue weighted by molar-refractivity contribution is 5.68. The van der Waals surface area contributed by atoms with Gasteiger partial charge in [0.05, 0.1) is 6.42 Å². The van der Waals surface area contributed by atoms with E-state index >= 15 is 0 Å². The molecule has 1 aliphatic rings. The fourth-order valence-electron chi connectivity index (χ4n) is 3.30. The standard InChI is InChI=1S/C16H19N3O4/c20-12(6-7-14(22)23)15-13(21)8-11(10-4-2-1-3-5-10)16-17-9-18-19(15)16/h8-10,20H,1-7H2,(H,22,23). The summed E-state index contributed by atoms with van der Waals surface area (Å²) in [4.78, 5) is 27.4. The lowest BCUT2D eigenvalue weighted by atomic mass is 9.84. The Kier molecular flexibility index (Phi) is 4.27. The molecule has 1 fully saturated rings. The molecule has 2 aromatic heterocycles. The number of hydrogen-bond acceptors (Lipinski definition) is 5. The molecule has 2 aromatic rings. The van der Waals surface area contributed by atoms with Gasteiger partial charge in [0, 0.05) is 12.0 Å². The molecule has 3 rings (SSSR count). The molecule has 2 heterocycles. The first-order chi connectivity index (χ1) is 11.1. The highest BCUT2D eigenvalue weighted by Crippen LogP contribution is 2.33.